The quantitative estimate of drug-likeness (QED) is 0.850. The molecule has 1 aliphatic heterocycles. The van der Waals surface area contributed by atoms with E-state index in [1.807, 2.05) is 36.5 Å². The number of nitrogens with two attached hydrogens (primary N) is 1. The van der Waals surface area contributed by atoms with Crippen molar-refractivity contribution in [1.82, 2.24) is 14.9 Å². The molecule has 1 aromatic carbocycles. The first-order chi connectivity index (χ1) is 9.72. The molecule has 0 amide bonds. The van der Waals surface area contributed by atoms with Crippen molar-refractivity contribution in [3.05, 3.63) is 42.2 Å². The Labute approximate surface area is 119 Å². The van der Waals surface area contributed by atoms with Crippen molar-refractivity contribution < 1.29 is 0 Å². The van der Waals surface area contributed by atoms with E-state index in [0.717, 1.165) is 29.3 Å². The molecule has 1 saturated heterocycles. The number of hydrogen-bond donors (Lipinski definition) is 1. The molecule has 1 aliphatic rings. The standard InChI is InChI=1S/C16H20N4/c1-20-10-2-3-13(11-20)15-8-9-18-16(19-15)12-4-6-14(17)7-5-12/h4-9,13H,2-3,10-11,17H2,1H3. The van der Waals surface area contributed by atoms with Crippen LogP contribution in [0.5, 0.6) is 0 Å². The Balaban J connectivity index is 1.87. The van der Waals surface area contributed by atoms with E-state index < -0.39 is 0 Å². The molecular formula is C16H20N4. The Kier molecular flexibility index (Phi) is 3.65. The van der Waals surface area contributed by atoms with Gasteiger partial charge in [-0.3, -0.25) is 0 Å². The van der Waals surface area contributed by atoms with E-state index in [0.29, 0.717) is 5.92 Å². The summed E-state index contributed by atoms with van der Waals surface area (Å²) in [5.74, 6) is 1.31. The number of likely N-dealkylation sites (tertiary alicyclic amines) is 1. The van der Waals surface area contributed by atoms with Gasteiger partial charge in [-0.25, -0.2) is 9.97 Å². The lowest BCUT2D eigenvalue weighted by Gasteiger charge is -2.29. The fraction of sp³-hybridized carbons (Fsp3) is 0.375. The molecule has 2 N–H and O–H groups in total. The number of anilines is 1. The van der Waals surface area contributed by atoms with E-state index in [4.69, 9.17) is 10.7 Å². The van der Waals surface area contributed by atoms with Crippen LogP contribution < -0.4 is 5.73 Å². The monoisotopic (exact) mass is 268 g/mol. The predicted molar refractivity (Wildman–Crippen MR) is 81.4 cm³/mol. The molecule has 4 heteroatoms. The van der Waals surface area contributed by atoms with Crippen LogP contribution in [0.3, 0.4) is 0 Å². The van der Waals surface area contributed by atoms with E-state index in [1.54, 1.807) is 0 Å². The molecule has 3 rings (SSSR count). The minimum Gasteiger partial charge on any atom is -0.399 e. The van der Waals surface area contributed by atoms with Crippen LogP contribution in [0.1, 0.15) is 24.5 Å². The van der Waals surface area contributed by atoms with Crippen molar-refractivity contribution in [3.63, 3.8) is 0 Å². The van der Waals surface area contributed by atoms with Gasteiger partial charge in [0.05, 0.1) is 0 Å². The normalized spacial score (nSPS) is 19.9. The highest BCUT2D eigenvalue weighted by Crippen LogP contribution is 2.26. The molecule has 0 saturated carbocycles. The van der Waals surface area contributed by atoms with Gasteiger partial charge < -0.3 is 10.6 Å². The van der Waals surface area contributed by atoms with Crippen molar-refractivity contribution >= 4 is 5.69 Å². The molecule has 1 aromatic heterocycles. The number of nitrogens with zero attached hydrogens (tertiary/aromatic N) is 3. The van der Waals surface area contributed by atoms with E-state index >= 15 is 0 Å². The van der Waals surface area contributed by atoms with Gasteiger partial charge in [0, 0.05) is 35.6 Å². The minimum absolute atomic E-state index is 0.518. The molecule has 0 aliphatic carbocycles. The Morgan fingerprint density at radius 3 is 2.75 bits per heavy atom. The van der Waals surface area contributed by atoms with E-state index in [2.05, 4.69) is 16.9 Å². The first-order valence-corrected chi connectivity index (χ1v) is 7.10. The molecule has 104 valence electrons. The third-order valence-electron chi connectivity index (χ3n) is 3.89. The van der Waals surface area contributed by atoms with Gasteiger partial charge >= 0.3 is 0 Å². The zero-order valence-corrected chi connectivity index (χ0v) is 11.8. The number of benzene rings is 1. The smallest absolute Gasteiger partial charge is 0.159 e. The van der Waals surface area contributed by atoms with Crippen molar-refractivity contribution in [2.75, 3.05) is 25.9 Å². The molecule has 2 heterocycles. The Bertz CT molecular complexity index is 579. The Morgan fingerprint density at radius 1 is 1.20 bits per heavy atom. The van der Waals surface area contributed by atoms with Gasteiger partial charge in [-0.1, -0.05) is 0 Å². The zero-order chi connectivity index (χ0) is 13.9. The lowest BCUT2D eigenvalue weighted by atomic mass is 9.95. The van der Waals surface area contributed by atoms with Crippen molar-refractivity contribution in [1.29, 1.82) is 0 Å². The molecule has 0 bridgehead atoms. The number of nitrogen functional groups attached to an aromatic ring is 1. The number of likely N-dealkylation sites (N-methyl/N-ethyl adjacent to an activating group) is 1. The SMILES string of the molecule is CN1CCCC(c2ccnc(-c3ccc(N)cc3)n2)C1. The number of aromatic nitrogens is 2. The predicted octanol–water partition coefficient (Wildman–Crippen LogP) is 2.54. The summed E-state index contributed by atoms with van der Waals surface area (Å²) in [6.07, 6.45) is 4.31. The summed E-state index contributed by atoms with van der Waals surface area (Å²) in [5, 5.41) is 0. The molecule has 4 nitrogen and oxygen atoms in total. The largest absolute Gasteiger partial charge is 0.399 e. The first kappa shape index (κ1) is 13.1. The second kappa shape index (κ2) is 5.59. The van der Waals surface area contributed by atoms with E-state index in [1.165, 1.54) is 19.4 Å². The van der Waals surface area contributed by atoms with Crippen LogP contribution in [0.15, 0.2) is 36.5 Å². The lowest BCUT2D eigenvalue weighted by molar-refractivity contribution is 0.248. The van der Waals surface area contributed by atoms with Crippen LogP contribution in [0.2, 0.25) is 0 Å². The average molecular weight is 268 g/mol. The average Bonchev–Trinajstić information content (AvgIpc) is 2.48. The summed E-state index contributed by atoms with van der Waals surface area (Å²) in [4.78, 5) is 11.5. The molecule has 0 radical (unpaired) electrons. The maximum absolute atomic E-state index is 5.72. The topological polar surface area (TPSA) is 55.0 Å². The summed E-state index contributed by atoms with van der Waals surface area (Å²) >= 11 is 0. The van der Waals surface area contributed by atoms with Crippen LogP contribution in [0.4, 0.5) is 5.69 Å². The molecular weight excluding hydrogens is 248 g/mol. The summed E-state index contributed by atoms with van der Waals surface area (Å²) in [6.45, 7) is 2.27. The molecule has 0 spiro atoms. The van der Waals surface area contributed by atoms with E-state index in [-0.39, 0.29) is 0 Å². The van der Waals surface area contributed by atoms with Gasteiger partial charge in [-0.05, 0) is 56.8 Å². The summed E-state index contributed by atoms with van der Waals surface area (Å²) in [7, 11) is 2.17. The van der Waals surface area contributed by atoms with Gasteiger partial charge in [-0.15, -0.1) is 0 Å². The van der Waals surface area contributed by atoms with Crippen molar-refractivity contribution in [2.45, 2.75) is 18.8 Å². The van der Waals surface area contributed by atoms with Gasteiger partial charge in [0.2, 0.25) is 0 Å². The highest BCUT2D eigenvalue weighted by Gasteiger charge is 2.20. The fourth-order valence-electron chi connectivity index (χ4n) is 2.78. The molecule has 1 unspecified atom stereocenters. The maximum Gasteiger partial charge on any atom is 0.159 e. The lowest BCUT2D eigenvalue weighted by Crippen LogP contribution is -2.31. The van der Waals surface area contributed by atoms with Crippen LogP contribution in [-0.2, 0) is 0 Å². The van der Waals surface area contributed by atoms with Crippen LogP contribution in [-0.4, -0.2) is 35.0 Å². The van der Waals surface area contributed by atoms with Gasteiger partial charge in [0.1, 0.15) is 0 Å². The van der Waals surface area contributed by atoms with Crippen LogP contribution in [0.25, 0.3) is 11.4 Å². The van der Waals surface area contributed by atoms with Gasteiger partial charge in [0.15, 0.2) is 5.82 Å². The number of rotatable bonds is 2. The third kappa shape index (κ3) is 2.80. The molecule has 1 atom stereocenters. The second-order valence-corrected chi connectivity index (χ2v) is 5.53. The third-order valence-corrected chi connectivity index (χ3v) is 3.89. The second-order valence-electron chi connectivity index (χ2n) is 5.53. The Hall–Kier alpha value is -1.94. The first-order valence-electron chi connectivity index (χ1n) is 7.10. The van der Waals surface area contributed by atoms with Crippen LogP contribution in [0, 0.1) is 0 Å². The highest BCUT2D eigenvalue weighted by molar-refractivity contribution is 5.58. The fourth-order valence-corrected chi connectivity index (χ4v) is 2.78. The number of hydrogen-bond acceptors (Lipinski definition) is 4. The van der Waals surface area contributed by atoms with Gasteiger partial charge in [-0.2, -0.15) is 0 Å². The minimum atomic E-state index is 0.518. The summed E-state index contributed by atoms with van der Waals surface area (Å²) in [6, 6.07) is 9.77. The van der Waals surface area contributed by atoms with Crippen LogP contribution >= 0.6 is 0 Å². The summed E-state index contributed by atoms with van der Waals surface area (Å²) < 4.78 is 0. The molecule has 20 heavy (non-hydrogen) atoms. The molecule has 2 aromatic rings. The summed E-state index contributed by atoms with van der Waals surface area (Å²) in [5.41, 5.74) is 8.65. The van der Waals surface area contributed by atoms with E-state index in [9.17, 15) is 0 Å². The molecule has 1 fully saturated rings. The van der Waals surface area contributed by atoms with Crippen molar-refractivity contribution in [2.24, 2.45) is 0 Å². The van der Waals surface area contributed by atoms with Gasteiger partial charge in [0.25, 0.3) is 0 Å². The Morgan fingerprint density at radius 2 is 2.00 bits per heavy atom. The zero-order valence-electron chi connectivity index (χ0n) is 11.8. The maximum atomic E-state index is 5.72. The highest BCUT2D eigenvalue weighted by atomic mass is 15.1. The van der Waals surface area contributed by atoms with Crippen molar-refractivity contribution in [3.8, 4) is 11.4 Å². The number of piperidine rings is 1.